The summed E-state index contributed by atoms with van der Waals surface area (Å²) in [6.07, 6.45) is 1.77. The van der Waals surface area contributed by atoms with Crippen molar-refractivity contribution in [3.05, 3.63) is 65.9 Å². The monoisotopic (exact) mass is 338 g/mol. The lowest BCUT2D eigenvalue weighted by Gasteiger charge is -2.09. The van der Waals surface area contributed by atoms with Gasteiger partial charge in [0.05, 0.1) is 4.88 Å². The Bertz CT molecular complexity index is 844. The van der Waals surface area contributed by atoms with E-state index in [9.17, 15) is 4.79 Å². The molecule has 0 saturated heterocycles. The number of carbonyl (C=O) groups is 1. The Morgan fingerprint density at radius 3 is 2.75 bits per heavy atom. The number of thiazole rings is 1. The number of aryl methyl sites for hydroxylation is 2. The summed E-state index contributed by atoms with van der Waals surface area (Å²) in [5.41, 5.74) is 3.19. The lowest BCUT2D eigenvalue weighted by Crippen LogP contribution is -2.20. The minimum atomic E-state index is -0.218. The average molecular weight is 338 g/mol. The Kier molecular flexibility index (Phi) is 4.91. The van der Waals surface area contributed by atoms with Crippen molar-refractivity contribution < 1.29 is 9.53 Å². The van der Waals surface area contributed by atoms with Gasteiger partial charge in [-0.25, -0.2) is 4.98 Å². The van der Waals surface area contributed by atoms with E-state index >= 15 is 0 Å². The largest absolute Gasteiger partial charge is 0.483 e. The highest BCUT2D eigenvalue weighted by molar-refractivity contribution is 7.19. The quantitative estimate of drug-likeness (QED) is 0.748. The van der Waals surface area contributed by atoms with E-state index in [0.29, 0.717) is 5.13 Å². The van der Waals surface area contributed by atoms with Crippen molar-refractivity contribution in [2.24, 2.45) is 0 Å². The van der Waals surface area contributed by atoms with E-state index in [1.165, 1.54) is 11.3 Å². The van der Waals surface area contributed by atoms with E-state index < -0.39 is 0 Å². The molecule has 0 atom stereocenters. The summed E-state index contributed by atoms with van der Waals surface area (Å²) in [4.78, 5) is 17.3. The number of hydrogen-bond donors (Lipinski definition) is 1. The van der Waals surface area contributed by atoms with Crippen molar-refractivity contribution in [3.8, 4) is 16.2 Å². The smallest absolute Gasteiger partial charge is 0.264 e. The maximum atomic E-state index is 12.1. The van der Waals surface area contributed by atoms with Gasteiger partial charge >= 0.3 is 0 Å². The third kappa shape index (κ3) is 4.00. The number of hydrogen-bond acceptors (Lipinski definition) is 4. The van der Waals surface area contributed by atoms with Crippen LogP contribution < -0.4 is 10.1 Å². The number of nitrogens with zero attached hydrogens (tertiary/aromatic N) is 1. The molecule has 0 aliphatic carbocycles. The maximum Gasteiger partial charge on any atom is 0.264 e. The minimum absolute atomic E-state index is 0.0372. The topological polar surface area (TPSA) is 51.2 Å². The van der Waals surface area contributed by atoms with Crippen LogP contribution >= 0.6 is 11.3 Å². The van der Waals surface area contributed by atoms with Crippen molar-refractivity contribution in [2.75, 3.05) is 11.9 Å². The summed E-state index contributed by atoms with van der Waals surface area (Å²) < 4.78 is 5.61. The molecule has 0 spiro atoms. The third-order valence-corrected chi connectivity index (χ3v) is 4.47. The summed E-state index contributed by atoms with van der Waals surface area (Å²) >= 11 is 1.44. The molecule has 3 aromatic rings. The number of carbonyl (C=O) groups excluding carboxylic acids is 1. The van der Waals surface area contributed by atoms with Gasteiger partial charge in [-0.3, -0.25) is 10.1 Å². The second kappa shape index (κ2) is 7.27. The van der Waals surface area contributed by atoms with Gasteiger partial charge in [0.1, 0.15) is 5.75 Å². The molecule has 1 aromatic heterocycles. The van der Waals surface area contributed by atoms with Crippen molar-refractivity contribution in [1.82, 2.24) is 4.98 Å². The highest BCUT2D eigenvalue weighted by Crippen LogP contribution is 2.28. The van der Waals surface area contributed by atoms with Gasteiger partial charge in [-0.15, -0.1) is 0 Å². The Morgan fingerprint density at radius 1 is 1.17 bits per heavy atom. The van der Waals surface area contributed by atoms with E-state index in [2.05, 4.69) is 10.3 Å². The predicted molar refractivity (Wildman–Crippen MR) is 97.6 cm³/mol. The van der Waals surface area contributed by atoms with E-state index in [-0.39, 0.29) is 12.5 Å². The molecular formula is C19H18N2O2S. The fourth-order valence-corrected chi connectivity index (χ4v) is 3.07. The normalized spacial score (nSPS) is 10.4. The summed E-state index contributed by atoms with van der Waals surface area (Å²) in [7, 11) is 0. The molecule has 0 aliphatic rings. The first-order chi connectivity index (χ1) is 11.6. The van der Waals surface area contributed by atoms with Crippen LogP contribution in [-0.2, 0) is 4.79 Å². The Labute approximate surface area is 145 Å². The molecule has 0 fully saturated rings. The van der Waals surface area contributed by atoms with Crippen LogP contribution in [0.2, 0.25) is 0 Å². The molecule has 4 nitrogen and oxygen atoms in total. The zero-order chi connectivity index (χ0) is 16.9. The SMILES string of the molecule is Cc1ccc(C)c(OCC(=O)Nc2ncc(-c3ccccc3)s2)c1. The molecule has 3 rings (SSSR count). The molecule has 0 saturated carbocycles. The molecule has 1 N–H and O–H groups in total. The fourth-order valence-electron chi connectivity index (χ4n) is 2.23. The first-order valence-electron chi connectivity index (χ1n) is 7.63. The Hall–Kier alpha value is -2.66. The van der Waals surface area contributed by atoms with Gasteiger partial charge in [0.2, 0.25) is 0 Å². The molecule has 0 radical (unpaired) electrons. The summed E-state index contributed by atoms with van der Waals surface area (Å²) in [5.74, 6) is 0.513. The Balaban J connectivity index is 1.59. The number of aromatic nitrogens is 1. The zero-order valence-electron chi connectivity index (χ0n) is 13.6. The van der Waals surface area contributed by atoms with Crippen LogP contribution in [0.5, 0.6) is 5.75 Å². The molecule has 5 heteroatoms. The lowest BCUT2D eigenvalue weighted by atomic mass is 10.1. The van der Waals surface area contributed by atoms with Crippen LogP contribution in [0.3, 0.4) is 0 Å². The number of anilines is 1. The van der Waals surface area contributed by atoms with Crippen LogP contribution in [0.4, 0.5) is 5.13 Å². The molecule has 24 heavy (non-hydrogen) atoms. The second-order valence-corrected chi connectivity index (χ2v) is 6.53. The van der Waals surface area contributed by atoms with Crippen molar-refractivity contribution >= 4 is 22.4 Å². The van der Waals surface area contributed by atoms with Crippen molar-refractivity contribution in [1.29, 1.82) is 0 Å². The van der Waals surface area contributed by atoms with E-state index in [1.54, 1.807) is 6.20 Å². The van der Waals surface area contributed by atoms with E-state index in [4.69, 9.17) is 4.74 Å². The van der Waals surface area contributed by atoms with Crippen LogP contribution in [0.25, 0.3) is 10.4 Å². The third-order valence-electron chi connectivity index (χ3n) is 3.51. The van der Waals surface area contributed by atoms with Gasteiger partial charge in [-0.2, -0.15) is 0 Å². The molecule has 1 heterocycles. The van der Waals surface area contributed by atoms with Crippen LogP contribution in [0.15, 0.2) is 54.7 Å². The molecule has 0 unspecified atom stereocenters. The number of rotatable bonds is 5. The molecule has 122 valence electrons. The Morgan fingerprint density at radius 2 is 1.96 bits per heavy atom. The molecule has 0 bridgehead atoms. The molecule has 2 aromatic carbocycles. The van der Waals surface area contributed by atoms with Gasteiger partial charge in [-0.1, -0.05) is 53.8 Å². The van der Waals surface area contributed by atoms with E-state index in [1.807, 2.05) is 62.4 Å². The van der Waals surface area contributed by atoms with Gasteiger partial charge in [-0.05, 0) is 36.6 Å². The summed E-state index contributed by atoms with van der Waals surface area (Å²) in [6.45, 7) is 3.91. The van der Waals surface area contributed by atoms with Crippen LogP contribution in [-0.4, -0.2) is 17.5 Å². The van der Waals surface area contributed by atoms with Crippen molar-refractivity contribution in [2.45, 2.75) is 13.8 Å². The second-order valence-electron chi connectivity index (χ2n) is 5.50. The fraction of sp³-hybridized carbons (Fsp3) is 0.158. The van der Waals surface area contributed by atoms with Crippen molar-refractivity contribution in [3.63, 3.8) is 0 Å². The number of ether oxygens (including phenoxy) is 1. The highest BCUT2D eigenvalue weighted by atomic mass is 32.1. The average Bonchev–Trinajstić information content (AvgIpc) is 3.05. The van der Waals surface area contributed by atoms with E-state index in [0.717, 1.165) is 27.3 Å². The van der Waals surface area contributed by atoms with Gasteiger partial charge in [0, 0.05) is 6.20 Å². The van der Waals surface area contributed by atoms with Crippen LogP contribution in [0, 0.1) is 13.8 Å². The van der Waals surface area contributed by atoms with Gasteiger partial charge in [0.25, 0.3) is 5.91 Å². The first-order valence-corrected chi connectivity index (χ1v) is 8.44. The number of nitrogens with one attached hydrogen (secondary N) is 1. The van der Waals surface area contributed by atoms with Gasteiger partial charge in [0.15, 0.2) is 11.7 Å². The minimum Gasteiger partial charge on any atom is -0.483 e. The lowest BCUT2D eigenvalue weighted by molar-refractivity contribution is -0.118. The molecular weight excluding hydrogens is 320 g/mol. The summed E-state index contributed by atoms with van der Waals surface area (Å²) in [5, 5.41) is 3.35. The zero-order valence-corrected chi connectivity index (χ0v) is 14.4. The number of amides is 1. The van der Waals surface area contributed by atoms with Gasteiger partial charge < -0.3 is 4.74 Å². The highest BCUT2D eigenvalue weighted by Gasteiger charge is 2.09. The predicted octanol–water partition coefficient (Wildman–Crippen LogP) is 4.44. The first kappa shape index (κ1) is 16.2. The number of benzene rings is 2. The maximum absolute atomic E-state index is 12.1. The molecule has 1 amide bonds. The summed E-state index contributed by atoms with van der Waals surface area (Å²) in [6, 6.07) is 15.9. The van der Waals surface area contributed by atoms with Crippen LogP contribution in [0.1, 0.15) is 11.1 Å². The molecule has 0 aliphatic heterocycles. The standard InChI is InChI=1S/C19H18N2O2S/c1-13-8-9-14(2)16(10-13)23-12-18(22)21-19-20-11-17(24-19)15-6-4-3-5-7-15/h3-11H,12H2,1-2H3,(H,20,21,22).